The first-order valence-electron chi connectivity index (χ1n) is 6.10. The molecule has 0 radical (unpaired) electrons. The van der Waals surface area contributed by atoms with Crippen molar-refractivity contribution in [3.8, 4) is 0 Å². The van der Waals surface area contributed by atoms with Crippen LogP contribution in [0.15, 0.2) is 4.99 Å². The zero-order chi connectivity index (χ0) is 15.3. The summed E-state index contributed by atoms with van der Waals surface area (Å²) in [7, 11) is -1.02. The van der Waals surface area contributed by atoms with E-state index in [1.165, 1.54) is 0 Å². The average Bonchev–Trinajstić information content (AvgIpc) is 2.40. The lowest BCUT2D eigenvalue weighted by atomic mass is 9.88. The normalized spacial score (nSPS) is 39.0. The van der Waals surface area contributed by atoms with Gasteiger partial charge in [0, 0.05) is 29.2 Å². The molecule has 0 aromatic heterocycles. The average molecular weight is 325 g/mol. The third-order valence-electron chi connectivity index (χ3n) is 3.25. The summed E-state index contributed by atoms with van der Waals surface area (Å²) >= 11 is 4.53. The zero-order valence-corrected chi connectivity index (χ0v) is 12.6. The molecule has 1 aliphatic rings. The molecule has 0 aliphatic carbocycles. The summed E-state index contributed by atoms with van der Waals surface area (Å²) in [5.74, 6) is 0.368. The molecular weight excluding hydrogens is 306 g/mol. The lowest BCUT2D eigenvalue weighted by Gasteiger charge is -2.45. The maximum absolute atomic E-state index is 11.1. The summed E-state index contributed by atoms with van der Waals surface area (Å²) in [6.07, 6.45) is -3.47. The maximum atomic E-state index is 11.1. The van der Waals surface area contributed by atoms with Gasteiger partial charge in [0.1, 0.15) is 24.4 Å². The minimum Gasteiger partial charge on any atom is -0.394 e. The number of isothiocyanates is 1. The van der Waals surface area contributed by atoms with Crippen LogP contribution in [0, 0.1) is 0 Å². The first-order chi connectivity index (χ1) is 9.38. The molecule has 6 atom stereocenters. The fourth-order valence-corrected chi connectivity index (χ4v) is 2.89. The summed E-state index contributed by atoms with van der Waals surface area (Å²) < 4.78 is 16.5. The molecule has 0 saturated carbocycles. The molecule has 1 fully saturated rings. The predicted molar refractivity (Wildman–Crippen MR) is 75.9 cm³/mol. The molecule has 0 aromatic rings. The van der Waals surface area contributed by atoms with E-state index in [0.717, 1.165) is 0 Å². The van der Waals surface area contributed by atoms with Gasteiger partial charge in [-0.15, -0.1) is 0 Å². The Bertz CT molecular complexity index is 400. The molecule has 1 saturated heterocycles. The second-order valence-electron chi connectivity index (χ2n) is 4.69. The summed E-state index contributed by atoms with van der Waals surface area (Å²) in [6.45, 7) is -0.542. The number of hydrogen-bond donors (Lipinski definition) is 4. The Hall–Kier alpha value is -0.250. The van der Waals surface area contributed by atoms with E-state index >= 15 is 0 Å². The van der Waals surface area contributed by atoms with Crippen LogP contribution >= 0.6 is 12.2 Å². The van der Waals surface area contributed by atoms with Crippen LogP contribution in [-0.2, 0) is 15.5 Å². The summed E-state index contributed by atoms with van der Waals surface area (Å²) in [5, 5.41) is 40.9. The van der Waals surface area contributed by atoms with Crippen molar-refractivity contribution in [2.24, 2.45) is 4.99 Å². The minimum absolute atomic E-state index is 0.137. The van der Waals surface area contributed by atoms with Gasteiger partial charge in [-0.2, -0.15) is 4.99 Å². The van der Waals surface area contributed by atoms with E-state index in [9.17, 15) is 19.5 Å². The smallest absolute Gasteiger partial charge is 0.197 e. The van der Waals surface area contributed by atoms with Gasteiger partial charge in [0.2, 0.25) is 0 Å². The fourth-order valence-electron chi connectivity index (χ4n) is 2.18. The third kappa shape index (κ3) is 3.90. The number of nitrogens with zero attached hydrogens (tertiary/aromatic N) is 1. The highest BCUT2D eigenvalue weighted by Crippen LogP contribution is 2.34. The molecule has 20 heavy (non-hydrogen) atoms. The lowest BCUT2D eigenvalue weighted by Crippen LogP contribution is -2.64. The maximum Gasteiger partial charge on any atom is 0.197 e. The Balaban J connectivity index is 2.95. The molecule has 0 bridgehead atoms. The van der Waals surface area contributed by atoms with Crippen molar-refractivity contribution in [2.45, 2.75) is 43.0 Å². The molecule has 1 aliphatic heterocycles. The van der Waals surface area contributed by atoms with E-state index in [0.29, 0.717) is 12.2 Å². The highest BCUT2D eigenvalue weighted by Gasteiger charge is 2.53. The first kappa shape index (κ1) is 17.8. The third-order valence-corrected chi connectivity index (χ3v) is 4.21. The van der Waals surface area contributed by atoms with Gasteiger partial charge in [-0.25, -0.2) is 0 Å². The number of hydrogen-bond acceptors (Lipinski definition) is 8. The molecule has 0 amide bonds. The van der Waals surface area contributed by atoms with Gasteiger partial charge in [0.25, 0.3) is 0 Å². The van der Waals surface area contributed by atoms with Crippen LogP contribution in [0.1, 0.15) is 12.8 Å². The molecule has 7 nitrogen and oxygen atoms in total. The molecule has 4 N–H and O–H groups in total. The van der Waals surface area contributed by atoms with Gasteiger partial charge in [0.15, 0.2) is 5.72 Å². The fraction of sp³-hybridized carbons (Fsp3) is 0.909. The molecular formula is C11H19NO6S2. The molecule has 116 valence electrons. The number of aliphatic hydroxyl groups is 4. The molecule has 1 rings (SSSR count). The van der Waals surface area contributed by atoms with E-state index in [1.54, 1.807) is 6.26 Å². The van der Waals surface area contributed by atoms with Crippen LogP contribution in [0.3, 0.4) is 0 Å². The van der Waals surface area contributed by atoms with Crippen molar-refractivity contribution in [3.05, 3.63) is 0 Å². The Morgan fingerprint density at radius 1 is 1.40 bits per heavy atom. The molecule has 2 unspecified atom stereocenters. The monoisotopic (exact) mass is 325 g/mol. The Morgan fingerprint density at radius 3 is 2.55 bits per heavy atom. The van der Waals surface area contributed by atoms with Crippen LogP contribution < -0.4 is 0 Å². The highest BCUT2D eigenvalue weighted by molar-refractivity contribution is 7.84. The highest BCUT2D eigenvalue weighted by atomic mass is 32.2. The summed E-state index contributed by atoms with van der Waals surface area (Å²) in [4.78, 5) is 3.79. The van der Waals surface area contributed by atoms with Gasteiger partial charge in [-0.05, 0) is 18.6 Å². The first-order valence-corrected chi connectivity index (χ1v) is 8.23. The Kier molecular flexibility index (Phi) is 6.83. The topological polar surface area (TPSA) is 120 Å². The summed E-state index contributed by atoms with van der Waals surface area (Å²) in [5.41, 5.74) is -1.59. The largest absolute Gasteiger partial charge is 0.394 e. The standard InChI is InChI=1S/C11H19NO6S2/c1-20(17)4-2-3-11(12-6-19)10(16)9(15)8(14)7(5-13)18-11/h7-10,13-16H,2-5H2,1H3/t7-,8-,9+,10-,11?,20?/m1/s1. The lowest BCUT2D eigenvalue weighted by molar-refractivity contribution is -0.273. The molecule has 0 spiro atoms. The number of rotatable bonds is 6. The van der Waals surface area contributed by atoms with E-state index < -0.39 is 47.5 Å². The van der Waals surface area contributed by atoms with Crippen molar-refractivity contribution >= 4 is 28.2 Å². The Morgan fingerprint density at radius 2 is 2.05 bits per heavy atom. The van der Waals surface area contributed by atoms with Gasteiger partial charge >= 0.3 is 0 Å². The van der Waals surface area contributed by atoms with Crippen molar-refractivity contribution in [1.82, 2.24) is 0 Å². The number of aliphatic imine (C=N–C) groups is 1. The van der Waals surface area contributed by atoms with Crippen LogP contribution in [0.5, 0.6) is 0 Å². The molecule has 9 heteroatoms. The quantitative estimate of drug-likeness (QED) is 0.343. The van der Waals surface area contributed by atoms with Crippen LogP contribution in [0.4, 0.5) is 0 Å². The van der Waals surface area contributed by atoms with Crippen molar-refractivity contribution in [1.29, 1.82) is 0 Å². The SMILES string of the molecule is CS(=O)CCCC1(N=C=S)O[C@H](CO)[C@@H](O)[C@H](O)[C@H]1O. The van der Waals surface area contributed by atoms with Crippen molar-refractivity contribution < 1.29 is 29.4 Å². The van der Waals surface area contributed by atoms with Crippen LogP contribution in [-0.4, -0.2) is 78.6 Å². The molecule has 0 aromatic carbocycles. The van der Waals surface area contributed by atoms with E-state index in [4.69, 9.17) is 9.84 Å². The minimum atomic E-state index is -1.59. The van der Waals surface area contributed by atoms with Gasteiger partial charge < -0.3 is 25.2 Å². The molecule has 1 heterocycles. The number of thiocarbonyl (C=S) groups is 1. The predicted octanol–water partition coefficient (Wildman–Crippen LogP) is -1.58. The van der Waals surface area contributed by atoms with E-state index in [1.807, 2.05) is 0 Å². The van der Waals surface area contributed by atoms with Crippen LogP contribution in [0.25, 0.3) is 0 Å². The van der Waals surface area contributed by atoms with E-state index in [-0.39, 0.29) is 6.42 Å². The van der Waals surface area contributed by atoms with Crippen molar-refractivity contribution in [3.63, 3.8) is 0 Å². The van der Waals surface area contributed by atoms with Crippen LogP contribution in [0.2, 0.25) is 0 Å². The number of aliphatic hydroxyl groups excluding tert-OH is 4. The van der Waals surface area contributed by atoms with E-state index in [2.05, 4.69) is 22.4 Å². The number of ether oxygens (including phenoxy) is 1. The summed E-state index contributed by atoms with van der Waals surface area (Å²) in [6, 6.07) is 0. The van der Waals surface area contributed by atoms with Gasteiger partial charge in [-0.1, -0.05) is 0 Å². The second-order valence-corrected chi connectivity index (χ2v) is 6.43. The van der Waals surface area contributed by atoms with Gasteiger partial charge in [0.05, 0.1) is 11.8 Å². The van der Waals surface area contributed by atoms with Gasteiger partial charge in [-0.3, -0.25) is 4.21 Å². The van der Waals surface area contributed by atoms with Crippen molar-refractivity contribution in [2.75, 3.05) is 18.6 Å². The zero-order valence-electron chi connectivity index (χ0n) is 11.0. The Labute approximate surface area is 124 Å². The second kappa shape index (κ2) is 7.67.